The fourth-order valence-corrected chi connectivity index (χ4v) is 4.71. The van der Waals surface area contributed by atoms with Gasteiger partial charge in [0.15, 0.2) is 0 Å². The highest BCUT2D eigenvalue weighted by molar-refractivity contribution is 5.96. The van der Waals surface area contributed by atoms with Crippen molar-refractivity contribution in [1.29, 1.82) is 5.26 Å². The van der Waals surface area contributed by atoms with E-state index in [4.69, 9.17) is 0 Å². The standard InChI is InChI=1S/C28H21F4N5O/c29-19-12-23(30)20(24(31)13-19)2-1-8-36-9-6-26-22(16-36)21-10-17(14-33)3-4-25(21)37(26)28(38)35-15-18-5-7-34-27(32)11-18/h1-5,7,10-13H,6,8-9,15-16H2,(H,35,38). The Kier molecular flexibility index (Phi) is 6.94. The molecule has 3 heterocycles. The maximum absolute atomic E-state index is 14.0. The summed E-state index contributed by atoms with van der Waals surface area (Å²) in [4.78, 5) is 18.8. The summed E-state index contributed by atoms with van der Waals surface area (Å²) in [5.74, 6) is -3.57. The molecule has 0 saturated heterocycles. The molecule has 1 N–H and O–H groups in total. The van der Waals surface area contributed by atoms with Crippen molar-refractivity contribution in [3.05, 3.63) is 106 Å². The number of nitrogens with one attached hydrogen (secondary N) is 1. The van der Waals surface area contributed by atoms with E-state index < -0.39 is 23.4 Å². The van der Waals surface area contributed by atoms with Gasteiger partial charge < -0.3 is 5.32 Å². The van der Waals surface area contributed by atoms with Crippen molar-refractivity contribution < 1.29 is 22.4 Å². The van der Waals surface area contributed by atoms with E-state index in [0.29, 0.717) is 54.8 Å². The Morgan fingerprint density at radius 1 is 1.11 bits per heavy atom. The van der Waals surface area contributed by atoms with Crippen LogP contribution in [0.15, 0.2) is 54.7 Å². The number of hydrogen-bond acceptors (Lipinski definition) is 4. The van der Waals surface area contributed by atoms with Gasteiger partial charge in [0, 0.05) is 67.6 Å². The summed E-state index contributed by atoms with van der Waals surface area (Å²) in [6.45, 7) is 1.47. The molecule has 0 aliphatic carbocycles. The normalized spacial score (nSPS) is 13.6. The minimum absolute atomic E-state index is 0.108. The first-order chi connectivity index (χ1) is 18.3. The molecule has 2 aromatic heterocycles. The second-order valence-corrected chi connectivity index (χ2v) is 8.92. The van der Waals surface area contributed by atoms with E-state index in [0.717, 1.165) is 16.6 Å². The summed E-state index contributed by atoms with van der Waals surface area (Å²) >= 11 is 0. The van der Waals surface area contributed by atoms with Crippen LogP contribution in [-0.2, 0) is 19.5 Å². The van der Waals surface area contributed by atoms with Crippen LogP contribution in [0.3, 0.4) is 0 Å². The van der Waals surface area contributed by atoms with Crippen LogP contribution in [0.2, 0.25) is 0 Å². The van der Waals surface area contributed by atoms with E-state index in [1.54, 1.807) is 34.9 Å². The number of carbonyl (C=O) groups is 1. The molecule has 1 aliphatic rings. The van der Waals surface area contributed by atoms with Gasteiger partial charge >= 0.3 is 6.03 Å². The van der Waals surface area contributed by atoms with Crippen molar-refractivity contribution in [2.45, 2.75) is 19.5 Å². The summed E-state index contributed by atoms with van der Waals surface area (Å²) in [7, 11) is 0. The number of aromatic nitrogens is 2. The molecule has 192 valence electrons. The van der Waals surface area contributed by atoms with Gasteiger partial charge in [0.1, 0.15) is 17.5 Å². The van der Waals surface area contributed by atoms with Crippen LogP contribution in [-0.4, -0.2) is 33.6 Å². The average Bonchev–Trinajstić information content (AvgIpc) is 3.22. The second kappa shape index (κ2) is 10.5. The molecule has 10 heteroatoms. The number of nitrogens with zero attached hydrogens (tertiary/aromatic N) is 4. The topological polar surface area (TPSA) is 74.0 Å². The van der Waals surface area contributed by atoms with Gasteiger partial charge in [0.05, 0.1) is 17.1 Å². The zero-order valence-electron chi connectivity index (χ0n) is 20.0. The van der Waals surface area contributed by atoms with Crippen molar-refractivity contribution in [1.82, 2.24) is 19.8 Å². The van der Waals surface area contributed by atoms with Crippen molar-refractivity contribution in [2.75, 3.05) is 13.1 Å². The average molecular weight is 520 g/mol. The smallest absolute Gasteiger partial charge is 0.326 e. The summed E-state index contributed by atoms with van der Waals surface area (Å²) < 4.78 is 56.1. The molecule has 1 aliphatic heterocycles. The molecular formula is C28H21F4N5O. The van der Waals surface area contributed by atoms with E-state index >= 15 is 0 Å². The third-order valence-electron chi connectivity index (χ3n) is 6.49. The molecule has 0 unspecified atom stereocenters. The first-order valence-electron chi connectivity index (χ1n) is 11.8. The molecule has 6 nitrogen and oxygen atoms in total. The second-order valence-electron chi connectivity index (χ2n) is 8.92. The quantitative estimate of drug-likeness (QED) is 0.287. The molecule has 2 aromatic carbocycles. The van der Waals surface area contributed by atoms with Crippen LogP contribution in [0.5, 0.6) is 0 Å². The summed E-state index contributed by atoms with van der Waals surface area (Å²) in [6, 6.07) is 11.0. The number of benzene rings is 2. The molecule has 0 saturated carbocycles. The number of carbonyl (C=O) groups excluding carboxylic acids is 1. The third-order valence-corrected chi connectivity index (χ3v) is 6.49. The Hall–Kier alpha value is -4.49. The van der Waals surface area contributed by atoms with Crippen LogP contribution in [0.25, 0.3) is 17.0 Å². The van der Waals surface area contributed by atoms with E-state index in [2.05, 4.69) is 16.4 Å². The lowest BCUT2D eigenvalue weighted by Gasteiger charge is -2.27. The highest BCUT2D eigenvalue weighted by atomic mass is 19.1. The summed E-state index contributed by atoms with van der Waals surface area (Å²) in [5.41, 5.74) is 3.01. The molecule has 0 fully saturated rings. The van der Waals surface area contributed by atoms with Gasteiger partial charge in [-0.1, -0.05) is 12.2 Å². The summed E-state index contributed by atoms with van der Waals surface area (Å²) in [5, 5.41) is 13.0. The van der Waals surface area contributed by atoms with Gasteiger partial charge in [-0.25, -0.2) is 22.9 Å². The van der Waals surface area contributed by atoms with Crippen molar-refractivity contribution in [3.8, 4) is 6.07 Å². The third kappa shape index (κ3) is 5.01. The fraction of sp³-hybridized carbons (Fsp3) is 0.179. The molecule has 1 amide bonds. The molecule has 0 spiro atoms. The molecular weight excluding hydrogens is 498 g/mol. The van der Waals surface area contributed by atoms with Crippen molar-refractivity contribution in [2.24, 2.45) is 0 Å². The molecule has 0 bridgehead atoms. The Morgan fingerprint density at radius 2 is 1.89 bits per heavy atom. The number of nitriles is 1. The first kappa shape index (κ1) is 25.2. The molecule has 4 aromatic rings. The predicted octanol–water partition coefficient (Wildman–Crippen LogP) is 5.29. The highest BCUT2D eigenvalue weighted by Gasteiger charge is 2.26. The number of pyridine rings is 1. The lowest BCUT2D eigenvalue weighted by atomic mass is 10.0. The molecule has 0 atom stereocenters. The lowest BCUT2D eigenvalue weighted by molar-refractivity contribution is 0.240. The number of hydrogen-bond donors (Lipinski definition) is 1. The zero-order valence-corrected chi connectivity index (χ0v) is 20.0. The monoisotopic (exact) mass is 519 g/mol. The maximum Gasteiger partial charge on any atom is 0.326 e. The largest absolute Gasteiger partial charge is 0.333 e. The van der Waals surface area contributed by atoms with Gasteiger partial charge in [0.25, 0.3) is 0 Å². The first-order valence-corrected chi connectivity index (χ1v) is 11.8. The Balaban J connectivity index is 1.40. The minimum atomic E-state index is -0.981. The van der Waals surface area contributed by atoms with Crippen LogP contribution in [0, 0.1) is 34.7 Å². The highest BCUT2D eigenvalue weighted by Crippen LogP contribution is 2.32. The summed E-state index contributed by atoms with van der Waals surface area (Å²) in [6.07, 6.45) is 4.72. The zero-order chi connectivity index (χ0) is 26.8. The van der Waals surface area contributed by atoms with E-state index in [1.807, 2.05) is 4.90 Å². The van der Waals surface area contributed by atoms with E-state index in [9.17, 15) is 27.6 Å². The SMILES string of the molecule is N#Cc1ccc2c(c1)c1c(n2C(=O)NCc2ccnc(F)c2)CCN(CC=Cc2c(F)cc(F)cc2F)C1. The van der Waals surface area contributed by atoms with Gasteiger partial charge in [0.2, 0.25) is 5.95 Å². The minimum Gasteiger partial charge on any atom is -0.333 e. The van der Waals surface area contributed by atoms with Gasteiger partial charge in [-0.05, 0) is 41.5 Å². The lowest BCUT2D eigenvalue weighted by Crippen LogP contribution is -2.34. The Morgan fingerprint density at radius 3 is 2.63 bits per heavy atom. The van der Waals surface area contributed by atoms with Gasteiger partial charge in [-0.2, -0.15) is 9.65 Å². The predicted molar refractivity (Wildman–Crippen MR) is 133 cm³/mol. The molecule has 5 rings (SSSR count). The van der Waals surface area contributed by atoms with Crippen LogP contribution < -0.4 is 5.32 Å². The van der Waals surface area contributed by atoms with Crippen LogP contribution in [0.4, 0.5) is 22.4 Å². The Bertz CT molecular complexity index is 1600. The van der Waals surface area contributed by atoms with Gasteiger partial charge in [-0.3, -0.25) is 9.47 Å². The van der Waals surface area contributed by atoms with Crippen LogP contribution >= 0.6 is 0 Å². The van der Waals surface area contributed by atoms with E-state index in [1.165, 1.54) is 18.3 Å². The Labute approximate surface area is 215 Å². The molecule has 38 heavy (non-hydrogen) atoms. The van der Waals surface area contributed by atoms with Crippen molar-refractivity contribution in [3.63, 3.8) is 0 Å². The fourth-order valence-electron chi connectivity index (χ4n) is 4.71. The number of rotatable bonds is 5. The van der Waals surface area contributed by atoms with E-state index in [-0.39, 0.29) is 18.1 Å². The number of fused-ring (bicyclic) bond motifs is 3. The number of halogens is 4. The molecule has 0 radical (unpaired) electrons. The van der Waals surface area contributed by atoms with Crippen LogP contribution in [0.1, 0.15) is 27.9 Å². The maximum atomic E-state index is 14.0. The van der Waals surface area contributed by atoms with Gasteiger partial charge in [-0.15, -0.1) is 0 Å². The van der Waals surface area contributed by atoms with Crippen molar-refractivity contribution >= 4 is 23.0 Å². The number of amides is 1.